The zero-order valence-corrected chi connectivity index (χ0v) is 14.0. The second kappa shape index (κ2) is 6.69. The van der Waals surface area contributed by atoms with Crippen LogP contribution in [0.25, 0.3) is 0 Å². The Morgan fingerprint density at radius 3 is 2.35 bits per heavy atom. The Balaban J connectivity index is 2.06. The van der Waals surface area contributed by atoms with Crippen molar-refractivity contribution in [1.29, 1.82) is 0 Å². The molecule has 1 saturated heterocycles. The Bertz CT molecular complexity index is 441. The van der Waals surface area contributed by atoms with Crippen molar-refractivity contribution in [2.24, 2.45) is 0 Å². The predicted molar refractivity (Wildman–Crippen MR) is 83.8 cm³/mol. The topological polar surface area (TPSA) is 54.5 Å². The van der Waals surface area contributed by atoms with Gasteiger partial charge in [-0.3, -0.25) is 4.79 Å². The van der Waals surface area contributed by atoms with Crippen LogP contribution in [-0.4, -0.2) is 53.8 Å². The molecule has 1 aliphatic heterocycles. The van der Waals surface area contributed by atoms with Gasteiger partial charge in [0.05, 0.1) is 17.3 Å². The molecule has 0 aromatic rings. The molecule has 0 bridgehead atoms. The number of nitrogens with zero attached hydrogens (tertiary/aromatic N) is 1. The average molecular weight is 319 g/mol. The summed E-state index contributed by atoms with van der Waals surface area (Å²) in [5.74, 6) is 1.02. The van der Waals surface area contributed by atoms with E-state index in [0.717, 1.165) is 25.7 Å². The van der Waals surface area contributed by atoms with Crippen LogP contribution in [0.15, 0.2) is 0 Å². The van der Waals surface area contributed by atoms with Crippen LogP contribution in [0.3, 0.4) is 0 Å². The normalized spacial score (nSPS) is 26.2. The number of rotatable bonds is 5. The first-order chi connectivity index (χ1) is 9.39. The van der Waals surface area contributed by atoms with Crippen LogP contribution in [0.2, 0.25) is 0 Å². The fourth-order valence-electron chi connectivity index (χ4n) is 3.20. The molecule has 2 aliphatic rings. The highest BCUT2D eigenvalue weighted by Gasteiger charge is 2.38. The lowest BCUT2D eigenvalue weighted by Crippen LogP contribution is -2.47. The van der Waals surface area contributed by atoms with Gasteiger partial charge in [0, 0.05) is 12.1 Å². The minimum atomic E-state index is -2.94. The average Bonchev–Trinajstić information content (AvgIpc) is 2.97. The van der Waals surface area contributed by atoms with Crippen molar-refractivity contribution >= 4 is 27.5 Å². The first-order valence-electron chi connectivity index (χ1n) is 7.52. The van der Waals surface area contributed by atoms with Crippen LogP contribution in [0.5, 0.6) is 0 Å². The molecular weight excluding hydrogens is 294 g/mol. The molecule has 0 aromatic heterocycles. The van der Waals surface area contributed by atoms with E-state index in [0.29, 0.717) is 17.4 Å². The third-order valence-corrected chi connectivity index (χ3v) is 6.98. The van der Waals surface area contributed by atoms with Crippen LogP contribution in [0, 0.1) is 0 Å². The third kappa shape index (κ3) is 4.13. The summed E-state index contributed by atoms with van der Waals surface area (Å²) >= 11 is 1.64. The molecule has 1 atom stereocenters. The highest BCUT2D eigenvalue weighted by Crippen LogP contribution is 2.30. The van der Waals surface area contributed by atoms with Gasteiger partial charge in [0.25, 0.3) is 0 Å². The zero-order chi connectivity index (χ0) is 14.8. The van der Waals surface area contributed by atoms with Crippen LogP contribution in [0.4, 0.5) is 0 Å². The Labute approximate surface area is 126 Å². The summed E-state index contributed by atoms with van der Waals surface area (Å²) in [5, 5.41) is 0.427. The molecule has 116 valence electrons. The minimum Gasteiger partial charge on any atom is -0.335 e. The van der Waals surface area contributed by atoms with Crippen molar-refractivity contribution in [1.82, 2.24) is 4.90 Å². The molecule has 0 radical (unpaired) electrons. The molecule has 1 aliphatic carbocycles. The van der Waals surface area contributed by atoms with E-state index in [-0.39, 0.29) is 29.5 Å². The fourth-order valence-corrected chi connectivity index (χ4v) is 5.53. The van der Waals surface area contributed by atoms with Crippen molar-refractivity contribution in [3.8, 4) is 0 Å². The Hall–Kier alpha value is -0.230. The van der Waals surface area contributed by atoms with Gasteiger partial charge >= 0.3 is 0 Å². The van der Waals surface area contributed by atoms with Crippen molar-refractivity contribution < 1.29 is 13.2 Å². The van der Waals surface area contributed by atoms with Gasteiger partial charge in [-0.05, 0) is 24.5 Å². The van der Waals surface area contributed by atoms with Crippen molar-refractivity contribution in [3.05, 3.63) is 0 Å². The number of carbonyl (C=O) groups is 1. The van der Waals surface area contributed by atoms with E-state index in [1.165, 1.54) is 0 Å². The highest BCUT2D eigenvalue weighted by atomic mass is 32.2. The minimum absolute atomic E-state index is 0.0802. The number of thioether (sulfide) groups is 1. The summed E-state index contributed by atoms with van der Waals surface area (Å²) in [7, 11) is -2.94. The van der Waals surface area contributed by atoms with Gasteiger partial charge in [0.1, 0.15) is 0 Å². The van der Waals surface area contributed by atoms with E-state index in [4.69, 9.17) is 0 Å². The van der Waals surface area contributed by atoms with Gasteiger partial charge in [0.15, 0.2) is 9.84 Å². The van der Waals surface area contributed by atoms with E-state index >= 15 is 0 Å². The fraction of sp³-hybridized carbons (Fsp3) is 0.929. The number of amides is 1. The zero-order valence-electron chi connectivity index (χ0n) is 12.4. The number of hydrogen-bond donors (Lipinski definition) is 0. The van der Waals surface area contributed by atoms with Crippen molar-refractivity contribution in [2.75, 3.05) is 17.3 Å². The van der Waals surface area contributed by atoms with Crippen molar-refractivity contribution in [3.63, 3.8) is 0 Å². The van der Waals surface area contributed by atoms with Crippen LogP contribution < -0.4 is 0 Å². The van der Waals surface area contributed by atoms with Gasteiger partial charge in [-0.15, -0.1) is 11.8 Å². The summed E-state index contributed by atoms with van der Waals surface area (Å²) in [5.41, 5.74) is 0. The van der Waals surface area contributed by atoms with E-state index in [9.17, 15) is 13.2 Å². The van der Waals surface area contributed by atoms with Gasteiger partial charge in [-0.25, -0.2) is 8.42 Å². The summed E-state index contributed by atoms with van der Waals surface area (Å²) in [6, 6.07) is 0.192. The van der Waals surface area contributed by atoms with E-state index in [1.54, 1.807) is 11.8 Å². The molecule has 1 amide bonds. The molecular formula is C14H25NO3S2. The van der Waals surface area contributed by atoms with Gasteiger partial charge in [-0.1, -0.05) is 26.7 Å². The lowest BCUT2D eigenvalue weighted by molar-refractivity contribution is -0.132. The molecule has 1 saturated carbocycles. The third-order valence-electron chi connectivity index (χ3n) is 4.15. The number of carbonyl (C=O) groups excluding carboxylic acids is 1. The molecule has 1 heterocycles. The number of hydrogen-bond acceptors (Lipinski definition) is 4. The summed E-state index contributed by atoms with van der Waals surface area (Å²) in [6.07, 6.45) is 5.01. The predicted octanol–water partition coefficient (Wildman–Crippen LogP) is 2.09. The lowest BCUT2D eigenvalue weighted by Gasteiger charge is -2.34. The quantitative estimate of drug-likeness (QED) is 0.778. The molecule has 4 nitrogen and oxygen atoms in total. The molecule has 0 spiro atoms. The lowest BCUT2D eigenvalue weighted by atomic mass is 10.1. The van der Waals surface area contributed by atoms with E-state index in [2.05, 4.69) is 13.8 Å². The standard InChI is InChI=1S/C14H25NO3S2/c1-11(2)19-9-14(16)15(12-5-3-4-6-12)13-7-8-20(17,18)10-13/h11-13H,3-10H2,1-2H3/t13-/m1/s1. The Morgan fingerprint density at radius 2 is 1.85 bits per heavy atom. The van der Waals surface area contributed by atoms with Gasteiger partial charge in [0.2, 0.25) is 5.91 Å². The molecule has 2 fully saturated rings. The second-order valence-corrected chi connectivity index (χ2v) is 9.95. The first kappa shape index (κ1) is 16.1. The summed E-state index contributed by atoms with van der Waals surface area (Å²) in [6.45, 7) is 4.16. The Morgan fingerprint density at radius 1 is 1.20 bits per heavy atom. The molecule has 0 N–H and O–H groups in total. The van der Waals surface area contributed by atoms with E-state index in [1.807, 2.05) is 4.90 Å². The Kier molecular flexibility index (Phi) is 5.40. The van der Waals surface area contributed by atoms with E-state index < -0.39 is 9.84 Å². The second-order valence-electron chi connectivity index (χ2n) is 6.16. The summed E-state index contributed by atoms with van der Waals surface area (Å²) < 4.78 is 23.4. The highest BCUT2D eigenvalue weighted by molar-refractivity contribution is 8.00. The molecule has 0 unspecified atom stereocenters. The molecule has 0 aromatic carbocycles. The number of sulfone groups is 1. The van der Waals surface area contributed by atoms with Crippen molar-refractivity contribution in [2.45, 2.75) is 63.3 Å². The van der Waals surface area contributed by atoms with Crippen LogP contribution in [0.1, 0.15) is 46.0 Å². The van der Waals surface area contributed by atoms with Crippen LogP contribution in [-0.2, 0) is 14.6 Å². The SMILES string of the molecule is CC(C)SCC(=O)N(C1CCCC1)[C@@H]1CCS(=O)(=O)C1. The smallest absolute Gasteiger partial charge is 0.233 e. The van der Waals surface area contributed by atoms with Gasteiger partial charge in [-0.2, -0.15) is 0 Å². The molecule has 6 heteroatoms. The van der Waals surface area contributed by atoms with Gasteiger partial charge < -0.3 is 4.90 Å². The van der Waals surface area contributed by atoms with Crippen LogP contribution >= 0.6 is 11.8 Å². The largest absolute Gasteiger partial charge is 0.335 e. The maximum Gasteiger partial charge on any atom is 0.233 e. The monoisotopic (exact) mass is 319 g/mol. The summed E-state index contributed by atoms with van der Waals surface area (Å²) in [4.78, 5) is 14.5. The maximum absolute atomic E-state index is 12.5. The maximum atomic E-state index is 12.5. The molecule has 2 rings (SSSR count). The first-order valence-corrected chi connectivity index (χ1v) is 10.4. The molecule has 20 heavy (non-hydrogen) atoms.